The van der Waals surface area contributed by atoms with E-state index in [-0.39, 0.29) is 11.3 Å². The molecule has 1 unspecified atom stereocenters. The number of carbonyl (C=O) groups is 1. The zero-order valence-corrected chi connectivity index (χ0v) is 12.8. The zero-order chi connectivity index (χ0) is 14.4. The van der Waals surface area contributed by atoms with Crippen LogP contribution < -0.4 is 4.74 Å². The Labute approximate surface area is 116 Å². The molecule has 1 atom stereocenters. The smallest absolute Gasteiger partial charge is 0.166 e. The molecular weight excluding hydrogens is 236 g/mol. The lowest BCUT2D eigenvalue weighted by Gasteiger charge is -2.23. The van der Waals surface area contributed by atoms with Crippen LogP contribution in [-0.2, 0) is 11.8 Å². The Morgan fingerprint density at radius 1 is 1.26 bits per heavy atom. The molecule has 0 aromatic heterocycles. The summed E-state index contributed by atoms with van der Waals surface area (Å²) in [5.74, 6) is 1.74. The van der Waals surface area contributed by atoms with E-state index < -0.39 is 0 Å². The van der Waals surface area contributed by atoms with Crippen molar-refractivity contribution in [3.8, 4) is 5.75 Å². The van der Waals surface area contributed by atoms with Crippen molar-refractivity contribution in [3.05, 3.63) is 28.8 Å². The van der Waals surface area contributed by atoms with Crippen molar-refractivity contribution in [1.29, 1.82) is 0 Å². The van der Waals surface area contributed by atoms with E-state index >= 15 is 0 Å². The first-order valence-corrected chi connectivity index (χ1v) is 7.01. The maximum Gasteiger partial charge on any atom is 0.166 e. The van der Waals surface area contributed by atoms with Gasteiger partial charge in [-0.05, 0) is 35.4 Å². The van der Waals surface area contributed by atoms with Gasteiger partial charge in [0.15, 0.2) is 5.78 Å². The molecule has 1 aromatic rings. The fourth-order valence-electron chi connectivity index (χ4n) is 2.84. The lowest BCUT2D eigenvalue weighted by Crippen LogP contribution is -2.16. The molecule has 104 valence electrons. The Kier molecular flexibility index (Phi) is 3.46. The Morgan fingerprint density at radius 2 is 1.89 bits per heavy atom. The monoisotopic (exact) mass is 260 g/mol. The zero-order valence-electron chi connectivity index (χ0n) is 12.8. The van der Waals surface area contributed by atoms with Crippen LogP contribution in [0.5, 0.6) is 5.75 Å². The quantitative estimate of drug-likeness (QED) is 0.803. The van der Waals surface area contributed by atoms with Crippen molar-refractivity contribution in [2.45, 2.75) is 46.5 Å². The molecule has 0 saturated heterocycles. The van der Waals surface area contributed by atoms with Gasteiger partial charge in [0.1, 0.15) is 5.75 Å². The molecule has 1 aliphatic rings. The van der Waals surface area contributed by atoms with E-state index in [0.29, 0.717) is 11.7 Å². The summed E-state index contributed by atoms with van der Waals surface area (Å²) in [5.41, 5.74) is 3.15. The number of fused-ring (bicyclic) bond motifs is 1. The number of rotatable bonds is 2. The second-order valence-electron chi connectivity index (χ2n) is 6.88. The van der Waals surface area contributed by atoms with Gasteiger partial charge in [-0.3, -0.25) is 4.79 Å². The third-order valence-electron chi connectivity index (χ3n) is 4.08. The minimum atomic E-state index is -0.0173. The van der Waals surface area contributed by atoms with Gasteiger partial charge in [-0.1, -0.05) is 34.6 Å². The molecule has 0 heterocycles. The van der Waals surface area contributed by atoms with Gasteiger partial charge in [0.25, 0.3) is 0 Å². The molecule has 0 saturated carbocycles. The first kappa shape index (κ1) is 14.1. The highest BCUT2D eigenvalue weighted by Crippen LogP contribution is 2.39. The minimum Gasteiger partial charge on any atom is -0.496 e. The van der Waals surface area contributed by atoms with Gasteiger partial charge in [-0.25, -0.2) is 0 Å². The second kappa shape index (κ2) is 4.66. The van der Waals surface area contributed by atoms with Gasteiger partial charge >= 0.3 is 0 Å². The highest BCUT2D eigenvalue weighted by atomic mass is 16.5. The number of hydrogen-bond donors (Lipinski definition) is 0. The molecule has 2 heteroatoms. The first-order chi connectivity index (χ1) is 8.75. The normalized spacial score (nSPS) is 18.9. The van der Waals surface area contributed by atoms with Crippen LogP contribution in [0.4, 0.5) is 0 Å². The largest absolute Gasteiger partial charge is 0.496 e. The molecule has 19 heavy (non-hydrogen) atoms. The molecule has 0 spiro atoms. The summed E-state index contributed by atoms with van der Waals surface area (Å²) < 4.78 is 5.52. The number of carbonyl (C=O) groups excluding carboxylic acids is 1. The summed E-state index contributed by atoms with van der Waals surface area (Å²) in [5, 5.41) is 0. The average molecular weight is 260 g/mol. The van der Waals surface area contributed by atoms with Crippen molar-refractivity contribution in [2.75, 3.05) is 7.11 Å². The highest BCUT2D eigenvalue weighted by molar-refractivity contribution is 6.02. The van der Waals surface area contributed by atoms with Crippen LogP contribution in [0.1, 0.15) is 56.1 Å². The van der Waals surface area contributed by atoms with Gasteiger partial charge < -0.3 is 4.74 Å². The van der Waals surface area contributed by atoms with Crippen molar-refractivity contribution < 1.29 is 9.53 Å². The Hall–Kier alpha value is -1.31. The van der Waals surface area contributed by atoms with Crippen LogP contribution in [0, 0.1) is 11.8 Å². The van der Waals surface area contributed by atoms with Crippen LogP contribution in [0.15, 0.2) is 12.1 Å². The van der Waals surface area contributed by atoms with E-state index in [9.17, 15) is 4.79 Å². The predicted molar refractivity (Wildman–Crippen MR) is 78.1 cm³/mol. The first-order valence-electron chi connectivity index (χ1n) is 7.01. The fourth-order valence-corrected chi connectivity index (χ4v) is 2.84. The number of ether oxygens (including phenoxy) is 1. The Morgan fingerprint density at radius 3 is 2.37 bits per heavy atom. The van der Waals surface area contributed by atoms with E-state index in [2.05, 4.69) is 46.8 Å². The van der Waals surface area contributed by atoms with Crippen molar-refractivity contribution in [3.63, 3.8) is 0 Å². The van der Waals surface area contributed by atoms with Gasteiger partial charge in [0.2, 0.25) is 0 Å². The molecule has 0 radical (unpaired) electrons. The molecule has 0 N–H and O–H groups in total. The van der Waals surface area contributed by atoms with Gasteiger partial charge in [-0.15, -0.1) is 0 Å². The van der Waals surface area contributed by atoms with E-state index in [4.69, 9.17) is 4.74 Å². The molecule has 0 amide bonds. The van der Waals surface area contributed by atoms with Crippen molar-refractivity contribution in [2.24, 2.45) is 11.8 Å². The molecule has 0 aliphatic heterocycles. The van der Waals surface area contributed by atoms with E-state index in [1.165, 1.54) is 0 Å². The second-order valence-corrected chi connectivity index (χ2v) is 6.88. The minimum absolute atomic E-state index is 0.0173. The molecular formula is C17H24O2. The van der Waals surface area contributed by atoms with Gasteiger partial charge in [0.05, 0.1) is 7.11 Å². The number of Topliss-reactive ketones (excluding diaryl/α,β-unsaturated/α-hetero) is 1. The van der Waals surface area contributed by atoms with Crippen molar-refractivity contribution in [1.82, 2.24) is 0 Å². The van der Waals surface area contributed by atoms with Crippen LogP contribution in [0.2, 0.25) is 0 Å². The lowest BCUT2D eigenvalue weighted by atomic mass is 9.84. The van der Waals surface area contributed by atoms with Gasteiger partial charge in [-0.2, -0.15) is 0 Å². The van der Waals surface area contributed by atoms with E-state index in [1.807, 2.05) is 0 Å². The van der Waals surface area contributed by atoms with Crippen LogP contribution in [0.3, 0.4) is 0 Å². The number of ketones is 1. The van der Waals surface area contributed by atoms with Crippen LogP contribution in [-0.4, -0.2) is 12.9 Å². The Balaban J connectivity index is 2.54. The molecule has 1 aromatic carbocycles. The standard InChI is InChI=1S/C17H24O2/c1-10(2)12-7-11-8-15(19-6)14(17(3,4)5)9-13(11)16(12)18/h8-10,12H,7H2,1-6H3. The molecule has 2 nitrogen and oxygen atoms in total. The topological polar surface area (TPSA) is 26.3 Å². The Bertz CT molecular complexity index is 507. The van der Waals surface area contributed by atoms with E-state index in [1.54, 1.807) is 7.11 Å². The number of benzene rings is 1. The summed E-state index contributed by atoms with van der Waals surface area (Å²) in [6.07, 6.45) is 0.854. The summed E-state index contributed by atoms with van der Waals surface area (Å²) in [6.45, 7) is 10.7. The summed E-state index contributed by atoms with van der Waals surface area (Å²) in [4.78, 5) is 12.5. The fraction of sp³-hybridized carbons (Fsp3) is 0.588. The maximum atomic E-state index is 12.5. The highest BCUT2D eigenvalue weighted by Gasteiger charge is 2.34. The third-order valence-corrected chi connectivity index (χ3v) is 4.08. The SMILES string of the molecule is COc1cc2c(cc1C(C)(C)C)C(=O)C(C(C)C)C2. The number of methoxy groups -OCH3 is 1. The van der Waals surface area contributed by atoms with Crippen LogP contribution in [0.25, 0.3) is 0 Å². The predicted octanol–water partition coefficient (Wildman–Crippen LogP) is 4.00. The summed E-state index contributed by atoms with van der Waals surface area (Å²) in [7, 11) is 1.70. The maximum absolute atomic E-state index is 12.5. The lowest BCUT2D eigenvalue weighted by molar-refractivity contribution is 0.0906. The van der Waals surface area contributed by atoms with E-state index in [0.717, 1.165) is 28.9 Å². The molecule has 0 bridgehead atoms. The van der Waals surface area contributed by atoms with Crippen molar-refractivity contribution >= 4 is 5.78 Å². The summed E-state index contributed by atoms with van der Waals surface area (Å²) >= 11 is 0. The third kappa shape index (κ3) is 2.41. The molecule has 1 aliphatic carbocycles. The van der Waals surface area contributed by atoms with Crippen LogP contribution >= 0.6 is 0 Å². The average Bonchev–Trinajstić information content (AvgIpc) is 2.64. The summed E-state index contributed by atoms with van der Waals surface area (Å²) in [6, 6.07) is 4.12. The van der Waals surface area contributed by atoms with Gasteiger partial charge in [0, 0.05) is 17.0 Å². The molecule has 2 rings (SSSR count). The number of hydrogen-bond acceptors (Lipinski definition) is 2. The molecule has 0 fully saturated rings.